The Hall–Kier alpha value is -1.80. The maximum absolute atomic E-state index is 12.3. The Balaban J connectivity index is 1.92. The van der Waals surface area contributed by atoms with Crippen molar-refractivity contribution in [1.29, 1.82) is 0 Å². The second-order valence-corrected chi connectivity index (χ2v) is 5.84. The van der Waals surface area contributed by atoms with Gasteiger partial charge in [-0.25, -0.2) is 0 Å². The SMILES string of the molecule is CC(c1ccc(OC(F)(F)F)cc1)N(C)CC(=O)N1CCNCC1. The molecular formula is C16H22F3N3O2. The smallest absolute Gasteiger partial charge is 0.406 e. The average Bonchev–Trinajstić information content (AvgIpc) is 2.54. The van der Waals surface area contributed by atoms with Crippen molar-refractivity contribution in [3.8, 4) is 5.75 Å². The Morgan fingerprint density at radius 1 is 1.29 bits per heavy atom. The number of halogens is 3. The van der Waals surface area contributed by atoms with Crippen LogP contribution in [-0.2, 0) is 4.79 Å². The van der Waals surface area contributed by atoms with Crippen LogP contribution in [0.15, 0.2) is 24.3 Å². The first-order chi connectivity index (χ1) is 11.3. The minimum Gasteiger partial charge on any atom is -0.406 e. The molecule has 1 aliphatic heterocycles. The molecule has 134 valence electrons. The monoisotopic (exact) mass is 345 g/mol. The highest BCUT2D eigenvalue weighted by molar-refractivity contribution is 5.78. The predicted octanol–water partition coefficient (Wildman–Crippen LogP) is 2.01. The van der Waals surface area contributed by atoms with Gasteiger partial charge in [-0.15, -0.1) is 13.2 Å². The number of alkyl halides is 3. The summed E-state index contributed by atoms with van der Waals surface area (Å²) in [5, 5.41) is 3.19. The Morgan fingerprint density at radius 3 is 2.42 bits per heavy atom. The van der Waals surface area contributed by atoms with E-state index >= 15 is 0 Å². The van der Waals surface area contributed by atoms with E-state index in [2.05, 4.69) is 10.1 Å². The first-order valence-corrected chi connectivity index (χ1v) is 7.81. The van der Waals surface area contributed by atoms with Gasteiger partial charge in [-0.05, 0) is 31.7 Å². The molecule has 0 bridgehead atoms. The van der Waals surface area contributed by atoms with Crippen molar-refractivity contribution in [2.24, 2.45) is 0 Å². The number of likely N-dealkylation sites (N-methyl/N-ethyl adjacent to an activating group) is 1. The molecule has 0 saturated carbocycles. The largest absolute Gasteiger partial charge is 0.573 e. The molecule has 1 fully saturated rings. The molecule has 0 spiro atoms. The van der Waals surface area contributed by atoms with Gasteiger partial charge in [0.2, 0.25) is 5.91 Å². The van der Waals surface area contributed by atoms with Crippen LogP contribution in [0.25, 0.3) is 0 Å². The van der Waals surface area contributed by atoms with E-state index in [4.69, 9.17) is 0 Å². The Kier molecular flexibility index (Phi) is 6.06. The summed E-state index contributed by atoms with van der Waals surface area (Å²) in [6.07, 6.45) is -4.69. The molecule has 1 heterocycles. The Bertz CT molecular complexity index is 542. The van der Waals surface area contributed by atoms with E-state index in [1.807, 2.05) is 23.8 Å². The molecule has 8 heteroatoms. The van der Waals surface area contributed by atoms with Crippen LogP contribution < -0.4 is 10.1 Å². The lowest BCUT2D eigenvalue weighted by Crippen LogP contribution is -2.49. The van der Waals surface area contributed by atoms with Crippen molar-refractivity contribution in [2.75, 3.05) is 39.8 Å². The highest BCUT2D eigenvalue weighted by Crippen LogP contribution is 2.25. The van der Waals surface area contributed by atoms with Gasteiger partial charge in [-0.1, -0.05) is 12.1 Å². The predicted molar refractivity (Wildman–Crippen MR) is 83.6 cm³/mol. The van der Waals surface area contributed by atoms with Crippen molar-refractivity contribution in [3.63, 3.8) is 0 Å². The molecule has 1 aliphatic rings. The number of carbonyl (C=O) groups is 1. The highest BCUT2D eigenvalue weighted by atomic mass is 19.4. The summed E-state index contributed by atoms with van der Waals surface area (Å²) in [5.74, 6) is -0.194. The summed E-state index contributed by atoms with van der Waals surface area (Å²) in [6.45, 7) is 5.17. The van der Waals surface area contributed by atoms with Crippen molar-refractivity contribution < 1.29 is 22.7 Å². The third-order valence-corrected chi connectivity index (χ3v) is 4.11. The second-order valence-electron chi connectivity index (χ2n) is 5.84. The van der Waals surface area contributed by atoms with Crippen molar-refractivity contribution in [1.82, 2.24) is 15.1 Å². The zero-order valence-electron chi connectivity index (χ0n) is 13.8. The average molecular weight is 345 g/mol. The Morgan fingerprint density at radius 2 is 1.88 bits per heavy atom. The maximum atomic E-state index is 12.3. The molecule has 1 saturated heterocycles. The molecule has 1 unspecified atom stereocenters. The lowest BCUT2D eigenvalue weighted by molar-refractivity contribution is -0.274. The van der Waals surface area contributed by atoms with Crippen LogP contribution in [-0.4, -0.2) is 61.8 Å². The van der Waals surface area contributed by atoms with Crippen molar-refractivity contribution in [3.05, 3.63) is 29.8 Å². The number of hydrogen-bond donors (Lipinski definition) is 1. The summed E-state index contributed by atoms with van der Waals surface area (Å²) in [6, 6.07) is 5.63. The van der Waals surface area contributed by atoms with Gasteiger partial charge in [0.1, 0.15) is 5.75 Å². The number of rotatable bonds is 5. The van der Waals surface area contributed by atoms with Crippen LogP contribution in [0.4, 0.5) is 13.2 Å². The second kappa shape index (κ2) is 7.85. The number of benzene rings is 1. The first-order valence-electron chi connectivity index (χ1n) is 7.81. The number of ether oxygens (including phenoxy) is 1. The highest BCUT2D eigenvalue weighted by Gasteiger charge is 2.31. The van der Waals surface area contributed by atoms with Crippen molar-refractivity contribution in [2.45, 2.75) is 19.3 Å². The number of hydrogen-bond acceptors (Lipinski definition) is 4. The normalized spacial score (nSPS) is 17.0. The molecule has 2 rings (SSSR count). The fraction of sp³-hybridized carbons (Fsp3) is 0.562. The van der Waals surface area contributed by atoms with Crippen LogP contribution in [0.3, 0.4) is 0 Å². The molecule has 0 radical (unpaired) electrons. The third kappa shape index (κ3) is 5.38. The standard InChI is InChI=1S/C16H22F3N3O2/c1-12(13-3-5-14(6-4-13)24-16(17,18)19)21(2)11-15(23)22-9-7-20-8-10-22/h3-6,12,20H,7-11H2,1-2H3. The van der Waals surface area contributed by atoms with Crippen LogP contribution in [0, 0.1) is 0 Å². The maximum Gasteiger partial charge on any atom is 0.573 e. The van der Waals surface area contributed by atoms with Crippen molar-refractivity contribution >= 4 is 5.91 Å². The van der Waals surface area contributed by atoms with Gasteiger partial charge in [0.05, 0.1) is 6.54 Å². The van der Waals surface area contributed by atoms with Gasteiger partial charge in [-0.2, -0.15) is 0 Å². The van der Waals surface area contributed by atoms with Gasteiger partial charge in [-0.3, -0.25) is 9.69 Å². The van der Waals surface area contributed by atoms with E-state index in [1.165, 1.54) is 12.1 Å². The van der Waals surface area contributed by atoms with Crippen LogP contribution in [0.1, 0.15) is 18.5 Å². The molecule has 1 aromatic rings. The first kappa shape index (κ1) is 18.5. The van der Waals surface area contributed by atoms with Crippen LogP contribution in [0.5, 0.6) is 5.75 Å². The minimum absolute atomic E-state index is 0.0582. The summed E-state index contributed by atoms with van der Waals surface area (Å²) in [7, 11) is 1.82. The molecule has 1 atom stereocenters. The van der Waals surface area contributed by atoms with Gasteiger partial charge in [0.25, 0.3) is 0 Å². The van der Waals surface area contributed by atoms with Gasteiger partial charge < -0.3 is 15.0 Å². The molecule has 24 heavy (non-hydrogen) atoms. The van der Waals surface area contributed by atoms with E-state index in [0.29, 0.717) is 13.1 Å². The molecule has 0 aromatic heterocycles. The lowest BCUT2D eigenvalue weighted by Gasteiger charge is -2.31. The van der Waals surface area contributed by atoms with E-state index in [1.54, 1.807) is 12.1 Å². The van der Waals surface area contributed by atoms with E-state index in [-0.39, 0.29) is 24.2 Å². The minimum atomic E-state index is -4.69. The lowest BCUT2D eigenvalue weighted by atomic mass is 10.1. The van der Waals surface area contributed by atoms with Crippen LogP contribution >= 0.6 is 0 Å². The van der Waals surface area contributed by atoms with Crippen LogP contribution in [0.2, 0.25) is 0 Å². The fourth-order valence-corrected chi connectivity index (χ4v) is 2.57. The number of nitrogens with zero attached hydrogens (tertiary/aromatic N) is 2. The topological polar surface area (TPSA) is 44.8 Å². The number of piperazine rings is 1. The zero-order chi connectivity index (χ0) is 17.7. The van der Waals surface area contributed by atoms with E-state index < -0.39 is 6.36 Å². The number of amides is 1. The fourth-order valence-electron chi connectivity index (χ4n) is 2.57. The molecule has 1 N–H and O–H groups in total. The molecular weight excluding hydrogens is 323 g/mol. The van der Waals surface area contributed by atoms with E-state index in [0.717, 1.165) is 18.7 Å². The Labute approximate surface area is 139 Å². The summed E-state index contributed by atoms with van der Waals surface area (Å²) >= 11 is 0. The summed E-state index contributed by atoms with van der Waals surface area (Å²) < 4.78 is 40.4. The molecule has 0 aliphatic carbocycles. The molecule has 5 nitrogen and oxygen atoms in total. The van der Waals surface area contributed by atoms with Gasteiger partial charge in [0, 0.05) is 32.2 Å². The third-order valence-electron chi connectivity index (χ3n) is 4.11. The van der Waals surface area contributed by atoms with Gasteiger partial charge >= 0.3 is 6.36 Å². The molecule has 1 aromatic carbocycles. The van der Waals surface area contributed by atoms with Gasteiger partial charge in [0.15, 0.2) is 0 Å². The zero-order valence-corrected chi connectivity index (χ0v) is 13.8. The number of nitrogens with one attached hydrogen (secondary N) is 1. The van der Waals surface area contributed by atoms with E-state index in [9.17, 15) is 18.0 Å². The quantitative estimate of drug-likeness (QED) is 0.887. The summed E-state index contributed by atoms with van der Waals surface area (Å²) in [4.78, 5) is 16.0. The number of carbonyl (C=O) groups excluding carboxylic acids is 1. The molecule has 1 amide bonds. The summed E-state index contributed by atoms with van der Waals surface area (Å²) in [5.41, 5.74) is 0.820.